The zero-order chi connectivity index (χ0) is 37.4. The molecule has 17 heteroatoms. The highest BCUT2D eigenvalue weighted by Gasteiger charge is 2.33. The van der Waals surface area contributed by atoms with E-state index in [4.69, 9.17) is 0 Å². The second kappa shape index (κ2) is 13.8. The number of urea groups is 1. The van der Waals surface area contributed by atoms with Crippen LogP contribution in [0.3, 0.4) is 0 Å². The fourth-order valence-corrected chi connectivity index (χ4v) is 7.21. The molecule has 6 rings (SSSR count). The minimum atomic E-state index is -4.62. The zero-order valence-corrected chi connectivity index (χ0v) is 28.0. The van der Waals surface area contributed by atoms with Gasteiger partial charge in [0.05, 0.1) is 11.4 Å². The summed E-state index contributed by atoms with van der Waals surface area (Å²) in [6.07, 6.45) is 12.9. The van der Waals surface area contributed by atoms with Gasteiger partial charge in [0.1, 0.15) is 22.0 Å². The van der Waals surface area contributed by atoms with Crippen LogP contribution in [0.1, 0.15) is 20.7 Å². The number of anilines is 2. The van der Waals surface area contributed by atoms with Gasteiger partial charge >= 0.3 is 6.03 Å². The lowest BCUT2D eigenvalue weighted by Gasteiger charge is -2.22. The average molecular weight is 743 g/mol. The van der Waals surface area contributed by atoms with Crippen molar-refractivity contribution >= 4 is 60.9 Å². The summed E-state index contributed by atoms with van der Waals surface area (Å²) in [4.78, 5) is 46.9. The van der Waals surface area contributed by atoms with E-state index in [1.165, 1.54) is 97.1 Å². The van der Waals surface area contributed by atoms with Crippen molar-refractivity contribution in [3.63, 3.8) is 0 Å². The van der Waals surface area contributed by atoms with Gasteiger partial charge in [-0.25, -0.2) is 14.8 Å². The monoisotopic (exact) mass is 742 g/mol. The molecule has 2 unspecified atom stereocenters. The minimum absolute atomic E-state index is 0.0796. The zero-order valence-electron chi connectivity index (χ0n) is 26.4. The standard InChI is InChI=1S/C35H26N4O11S2/c40-27-13-19-7-9-25(15-29(19)31(17-27)51(45,46)47)36-33(42)21-3-1-5-23(11-21)38-35(44)39-24-6-2-4-22(12-24)34(43)37-26-10-8-20-14-28(41)18-32(30(20)16-26)52(48,49)50/h1-18,31-32,40-41H,(H2,38,39,44)(H,45,46,47)(H,48,49,50). The summed E-state index contributed by atoms with van der Waals surface area (Å²) >= 11 is 0. The fourth-order valence-electron chi connectivity index (χ4n) is 5.53. The Bertz CT molecular complexity index is 2330. The predicted molar refractivity (Wildman–Crippen MR) is 192 cm³/mol. The normalized spacial score (nSPS) is 21.0. The largest absolute Gasteiger partial charge is 0.508 e. The summed E-state index contributed by atoms with van der Waals surface area (Å²) in [5, 5.41) is 21.7. The van der Waals surface area contributed by atoms with E-state index in [9.17, 15) is 50.5 Å². The Morgan fingerprint density at radius 3 is 1.38 bits per heavy atom. The second-order valence-electron chi connectivity index (χ2n) is 11.5. The molecule has 52 heavy (non-hydrogen) atoms. The molecule has 4 amide bonds. The molecule has 15 nitrogen and oxygen atoms in total. The number of nitrogens with one attached hydrogen (secondary N) is 2. The van der Waals surface area contributed by atoms with E-state index < -0.39 is 48.6 Å². The van der Waals surface area contributed by atoms with Crippen LogP contribution in [-0.2, 0) is 20.2 Å². The molecule has 0 fully saturated rings. The van der Waals surface area contributed by atoms with Crippen LogP contribution in [0.25, 0.3) is 0 Å². The van der Waals surface area contributed by atoms with Gasteiger partial charge in [-0.2, -0.15) is 16.8 Å². The topological polar surface area (TPSA) is 249 Å². The van der Waals surface area contributed by atoms with E-state index in [-0.39, 0.29) is 56.6 Å². The maximum absolute atomic E-state index is 13.0. The van der Waals surface area contributed by atoms with Crippen LogP contribution in [0.4, 0.5) is 16.2 Å². The maximum atomic E-state index is 13.0. The van der Waals surface area contributed by atoms with Crippen molar-refractivity contribution < 1.29 is 50.5 Å². The smallest absolute Gasteiger partial charge is 0.323 e. The molecule has 0 bridgehead atoms. The quantitative estimate of drug-likeness (QED) is 0.220. The van der Waals surface area contributed by atoms with E-state index in [2.05, 4.69) is 20.6 Å². The maximum Gasteiger partial charge on any atom is 0.323 e. The lowest BCUT2D eigenvalue weighted by atomic mass is 9.91. The van der Waals surface area contributed by atoms with Crippen molar-refractivity contribution in [3.8, 4) is 0 Å². The number of hydrogen-bond acceptors (Lipinski definition) is 9. The highest BCUT2D eigenvalue weighted by atomic mass is 32.2. The SMILES string of the molecule is O=C(Nc1cccc(C(=O)N=C2C=CC3=CC(O)=CC(S(=O)(=O)O)C3=C2)c1)Nc1cccc(C(=O)N=C2C=CC3=CC(O)=CC(S(=O)(=O)O)C3=C2)c1. The molecular formula is C35H26N4O11S2. The molecule has 0 saturated carbocycles. The summed E-state index contributed by atoms with van der Waals surface area (Å²) < 4.78 is 66.8. The molecule has 0 aliphatic heterocycles. The highest BCUT2D eigenvalue weighted by molar-refractivity contribution is 7.87. The molecule has 264 valence electrons. The van der Waals surface area contributed by atoms with Gasteiger partial charge in [0.2, 0.25) is 0 Å². The molecule has 0 aromatic heterocycles. The van der Waals surface area contributed by atoms with Crippen LogP contribution < -0.4 is 10.6 Å². The van der Waals surface area contributed by atoms with Crippen molar-refractivity contribution in [2.24, 2.45) is 9.98 Å². The van der Waals surface area contributed by atoms with Crippen LogP contribution in [0.2, 0.25) is 0 Å². The van der Waals surface area contributed by atoms with Gasteiger partial charge in [-0.05, 0) is 107 Å². The molecule has 0 heterocycles. The first kappa shape index (κ1) is 35.6. The van der Waals surface area contributed by atoms with Crippen molar-refractivity contribution in [1.82, 2.24) is 0 Å². The number of nitrogens with zero attached hydrogens (tertiary/aromatic N) is 2. The molecule has 0 spiro atoms. The van der Waals surface area contributed by atoms with Gasteiger partial charge in [0.25, 0.3) is 32.1 Å². The number of amides is 4. The van der Waals surface area contributed by atoms with Crippen LogP contribution in [0.15, 0.2) is 153 Å². The third-order valence-corrected chi connectivity index (χ3v) is 9.91. The van der Waals surface area contributed by atoms with Crippen LogP contribution in [0, 0.1) is 0 Å². The third-order valence-electron chi connectivity index (χ3n) is 7.84. The third kappa shape index (κ3) is 8.03. The number of aliphatic hydroxyl groups excluding tert-OH is 2. The Labute approximate surface area is 296 Å². The summed E-state index contributed by atoms with van der Waals surface area (Å²) in [7, 11) is -9.25. The molecular weight excluding hydrogens is 717 g/mol. The van der Waals surface area contributed by atoms with Crippen molar-refractivity contribution in [1.29, 1.82) is 0 Å². The van der Waals surface area contributed by atoms with Crippen molar-refractivity contribution in [2.45, 2.75) is 10.5 Å². The first-order valence-electron chi connectivity index (χ1n) is 15.1. The van der Waals surface area contributed by atoms with Crippen LogP contribution in [0.5, 0.6) is 0 Å². The number of allylic oxidation sites excluding steroid dienone is 10. The Balaban J connectivity index is 1.12. The first-order chi connectivity index (χ1) is 24.5. The molecule has 2 atom stereocenters. The van der Waals surface area contributed by atoms with Gasteiger partial charge in [0.15, 0.2) is 0 Å². The molecule has 2 aromatic rings. The molecule has 6 N–H and O–H groups in total. The average Bonchev–Trinajstić information content (AvgIpc) is 3.07. The van der Waals surface area contributed by atoms with E-state index in [0.29, 0.717) is 11.1 Å². The summed E-state index contributed by atoms with van der Waals surface area (Å²) in [5.74, 6) is -2.13. The predicted octanol–water partition coefficient (Wildman–Crippen LogP) is 4.76. The lowest BCUT2D eigenvalue weighted by molar-refractivity contribution is 0.0995. The number of hydrogen-bond donors (Lipinski definition) is 6. The van der Waals surface area contributed by atoms with Crippen LogP contribution in [-0.4, -0.2) is 75.9 Å². The van der Waals surface area contributed by atoms with E-state index in [1.807, 2.05) is 0 Å². The van der Waals surface area contributed by atoms with E-state index in [0.717, 1.165) is 12.2 Å². The molecule has 4 aliphatic carbocycles. The Hall–Kier alpha value is -6.27. The van der Waals surface area contributed by atoms with Gasteiger partial charge in [0, 0.05) is 22.5 Å². The number of carbonyl (C=O) groups excluding carboxylic acids is 3. The fraction of sp³-hybridized carbons (Fsp3) is 0.0571. The van der Waals surface area contributed by atoms with Gasteiger partial charge < -0.3 is 20.8 Å². The highest BCUT2D eigenvalue weighted by Crippen LogP contribution is 2.32. The first-order valence-corrected chi connectivity index (χ1v) is 18.1. The number of rotatable bonds is 6. The molecule has 2 aromatic carbocycles. The number of aliphatic hydroxyl groups is 2. The molecule has 0 saturated heterocycles. The van der Waals surface area contributed by atoms with Gasteiger partial charge in [-0.15, -0.1) is 0 Å². The van der Waals surface area contributed by atoms with E-state index in [1.54, 1.807) is 0 Å². The van der Waals surface area contributed by atoms with Gasteiger partial charge in [-0.1, -0.05) is 24.3 Å². The number of benzene rings is 2. The summed E-state index contributed by atoms with van der Waals surface area (Å²) in [5.41, 5.74) is 1.63. The summed E-state index contributed by atoms with van der Waals surface area (Å²) in [6, 6.07) is 10.9. The second-order valence-corrected chi connectivity index (χ2v) is 14.6. The van der Waals surface area contributed by atoms with Crippen molar-refractivity contribution in [3.05, 3.63) is 154 Å². The Morgan fingerprint density at radius 1 is 0.596 bits per heavy atom. The van der Waals surface area contributed by atoms with Crippen molar-refractivity contribution in [2.75, 3.05) is 10.6 Å². The lowest BCUT2D eigenvalue weighted by Crippen LogP contribution is -2.26. The molecule has 0 radical (unpaired) electrons. The minimum Gasteiger partial charge on any atom is -0.508 e. The van der Waals surface area contributed by atoms with E-state index >= 15 is 0 Å². The number of fused-ring (bicyclic) bond motifs is 2. The Morgan fingerprint density at radius 2 is 1.00 bits per heavy atom. The Kier molecular flexibility index (Phi) is 9.44. The summed E-state index contributed by atoms with van der Waals surface area (Å²) in [6.45, 7) is 0. The molecule has 4 aliphatic rings. The van der Waals surface area contributed by atoms with Gasteiger partial charge in [-0.3, -0.25) is 18.7 Å². The number of carbonyl (C=O) groups is 3. The number of aliphatic imine (C=N–C) groups is 2. The van der Waals surface area contributed by atoms with Crippen LogP contribution >= 0.6 is 0 Å².